The lowest BCUT2D eigenvalue weighted by Crippen LogP contribution is -2.47. The molecular weight excluding hydrogens is 1020 g/mol. The zero-order valence-electron chi connectivity index (χ0n) is 52.5. The molecule has 0 rings (SSSR count). The predicted octanol–water partition coefficient (Wildman–Crippen LogP) is 20.2. The first-order valence-electron chi connectivity index (χ1n) is 32.2. The molecule has 460 valence electrons. The van der Waals surface area contributed by atoms with Gasteiger partial charge < -0.3 is 19.4 Å². The Morgan fingerprint density at radius 1 is 0.444 bits per heavy atom. The molecule has 0 aliphatic rings. The number of amides is 1. The molecule has 0 aliphatic carbocycles. The Balaban J connectivity index is 5.21. The summed E-state index contributed by atoms with van der Waals surface area (Å²) in [6.45, 7) is 6.71. The number of likely N-dealkylation sites (N-methyl/N-ethyl adjacent to an activating group) is 1. The van der Waals surface area contributed by atoms with E-state index in [2.05, 4.69) is 160 Å². The molecule has 9 nitrogen and oxygen atoms in total. The highest BCUT2D eigenvalue weighted by molar-refractivity contribution is 7.47. The number of ether oxygens (including phenoxy) is 1. The molecule has 0 saturated carbocycles. The number of allylic oxidation sites excluding steroid dienone is 23. The Hall–Kier alpha value is -4.11. The Kier molecular flexibility index (Phi) is 56.1. The number of rotatable bonds is 56. The van der Waals surface area contributed by atoms with Gasteiger partial charge in [-0.05, 0) is 122 Å². The number of carbonyl (C=O) groups excluding carboxylic acids is 2. The molecule has 0 spiro atoms. The van der Waals surface area contributed by atoms with Crippen LogP contribution in [0.15, 0.2) is 146 Å². The monoisotopic (exact) mass is 1140 g/mol. The number of hydrogen-bond donors (Lipinski definition) is 2. The normalized spacial score (nSPS) is 14.6. The highest BCUT2D eigenvalue weighted by Crippen LogP contribution is 2.43. The van der Waals surface area contributed by atoms with E-state index in [0.29, 0.717) is 23.9 Å². The summed E-state index contributed by atoms with van der Waals surface area (Å²) in [6.07, 6.45) is 85.8. The second-order valence-electron chi connectivity index (χ2n) is 22.2. The lowest BCUT2D eigenvalue weighted by molar-refractivity contribution is -0.870. The molecule has 0 saturated heterocycles. The van der Waals surface area contributed by atoms with Crippen molar-refractivity contribution in [2.45, 2.75) is 251 Å². The van der Waals surface area contributed by atoms with Crippen molar-refractivity contribution in [2.75, 3.05) is 40.9 Å². The van der Waals surface area contributed by atoms with E-state index in [0.717, 1.165) is 128 Å². The number of phosphoric ester groups is 1. The molecule has 1 amide bonds. The van der Waals surface area contributed by atoms with Gasteiger partial charge in [0.15, 0.2) is 0 Å². The molecule has 0 radical (unpaired) electrons. The molecule has 3 atom stereocenters. The van der Waals surface area contributed by atoms with Crippen LogP contribution in [0.5, 0.6) is 0 Å². The smallest absolute Gasteiger partial charge is 0.456 e. The van der Waals surface area contributed by atoms with Gasteiger partial charge in [0.1, 0.15) is 19.3 Å². The minimum Gasteiger partial charge on any atom is -0.456 e. The molecule has 2 N–H and O–H groups in total. The van der Waals surface area contributed by atoms with E-state index in [1.807, 2.05) is 33.3 Å². The van der Waals surface area contributed by atoms with Crippen molar-refractivity contribution in [1.82, 2.24) is 5.32 Å². The van der Waals surface area contributed by atoms with E-state index in [9.17, 15) is 19.0 Å². The van der Waals surface area contributed by atoms with Gasteiger partial charge in [-0.3, -0.25) is 18.6 Å². The van der Waals surface area contributed by atoms with E-state index in [-0.39, 0.29) is 31.5 Å². The van der Waals surface area contributed by atoms with Crippen molar-refractivity contribution in [3.63, 3.8) is 0 Å². The Labute approximate surface area is 498 Å². The first kappa shape index (κ1) is 76.9. The van der Waals surface area contributed by atoms with E-state index < -0.39 is 20.0 Å². The number of quaternary nitrogens is 1. The fraction of sp³-hybridized carbons (Fsp3) is 0.634. The summed E-state index contributed by atoms with van der Waals surface area (Å²) in [5, 5.41) is 3.03. The number of unbranched alkanes of at least 4 members (excludes halogenated alkanes) is 18. The van der Waals surface area contributed by atoms with Crippen LogP contribution in [0.3, 0.4) is 0 Å². The number of nitrogens with zero attached hydrogens (tertiary/aromatic N) is 1. The van der Waals surface area contributed by atoms with Gasteiger partial charge in [0.25, 0.3) is 0 Å². The number of phosphoric acid groups is 1. The molecular formula is C71H120N2O7P+. The standard InChI is InChI=1S/C71H119N2O7P/c1-7-10-13-16-19-22-25-27-29-31-32-33-34-35-36-37-38-39-40-42-43-45-48-51-54-57-60-63-70(74)72-68(67-79-81(76,77)78-66-65-73(4,5)6)69(62-59-56-53-50-47-24-21-18-15-12-9-3)80-71(75)64-61-58-55-52-49-46-44-41-30-28-26-23-20-17-14-11-8-2/h10-11,13-14,19-20,22-23,27-30,32-33,35-36,38-39,44,46,52,55,59,62,68-69H,7-9,12,15-18,21,24-26,31,34,37,40-43,45,47-51,53-54,56-58,60-61,63-67H2,1-6H3,(H-,72,74,76,77)/p+1/b13-10-,14-11-,22-19-,23-20-,29-27-,30-28-,33-32-,36-35-,39-38-,46-44-,55-52-,62-59-. The summed E-state index contributed by atoms with van der Waals surface area (Å²) in [7, 11) is 1.44. The molecule has 0 aliphatic heterocycles. The highest BCUT2D eigenvalue weighted by Gasteiger charge is 2.30. The molecule has 0 aromatic heterocycles. The minimum absolute atomic E-state index is 0.0214. The maximum absolute atomic E-state index is 13.6. The van der Waals surface area contributed by atoms with E-state index in [1.54, 1.807) is 0 Å². The molecule has 0 heterocycles. The summed E-state index contributed by atoms with van der Waals surface area (Å²) in [6, 6.07) is -0.887. The Morgan fingerprint density at radius 3 is 1.21 bits per heavy atom. The van der Waals surface area contributed by atoms with Gasteiger partial charge in [0.05, 0.1) is 33.8 Å². The van der Waals surface area contributed by atoms with E-state index in [4.69, 9.17) is 13.8 Å². The van der Waals surface area contributed by atoms with Crippen LogP contribution in [0, 0.1) is 0 Å². The number of carbonyl (C=O) groups is 2. The van der Waals surface area contributed by atoms with Gasteiger partial charge in [0, 0.05) is 12.8 Å². The fourth-order valence-electron chi connectivity index (χ4n) is 8.39. The van der Waals surface area contributed by atoms with Crippen LogP contribution >= 0.6 is 7.82 Å². The zero-order valence-corrected chi connectivity index (χ0v) is 53.4. The van der Waals surface area contributed by atoms with Gasteiger partial charge in [0.2, 0.25) is 5.91 Å². The third-order valence-corrected chi connectivity index (χ3v) is 14.3. The quantitative estimate of drug-likeness (QED) is 0.0205. The van der Waals surface area contributed by atoms with Crippen LogP contribution in [0.4, 0.5) is 0 Å². The van der Waals surface area contributed by atoms with Gasteiger partial charge in [-0.1, -0.05) is 250 Å². The summed E-state index contributed by atoms with van der Waals surface area (Å²) in [5.74, 6) is -0.595. The fourth-order valence-corrected chi connectivity index (χ4v) is 9.13. The van der Waals surface area contributed by atoms with Crippen molar-refractivity contribution in [2.24, 2.45) is 0 Å². The second-order valence-corrected chi connectivity index (χ2v) is 23.6. The lowest BCUT2D eigenvalue weighted by atomic mass is 10.0. The molecule has 81 heavy (non-hydrogen) atoms. The van der Waals surface area contributed by atoms with Crippen LogP contribution in [0.1, 0.15) is 239 Å². The van der Waals surface area contributed by atoms with E-state index >= 15 is 0 Å². The average molecular weight is 1140 g/mol. The van der Waals surface area contributed by atoms with Crippen LogP contribution in [0.2, 0.25) is 0 Å². The summed E-state index contributed by atoms with van der Waals surface area (Å²) in [5.41, 5.74) is 0. The largest absolute Gasteiger partial charge is 0.472 e. The Bertz CT molecular complexity index is 1890. The zero-order chi connectivity index (χ0) is 59.3. The first-order chi connectivity index (χ1) is 39.4. The molecule has 10 heteroatoms. The third-order valence-electron chi connectivity index (χ3n) is 13.3. The maximum atomic E-state index is 13.6. The summed E-state index contributed by atoms with van der Waals surface area (Å²) >= 11 is 0. The van der Waals surface area contributed by atoms with Gasteiger partial charge in [-0.15, -0.1) is 0 Å². The van der Waals surface area contributed by atoms with Gasteiger partial charge in [-0.2, -0.15) is 0 Å². The van der Waals surface area contributed by atoms with E-state index in [1.165, 1.54) is 70.6 Å². The van der Waals surface area contributed by atoms with Gasteiger partial charge >= 0.3 is 13.8 Å². The molecule has 3 unspecified atom stereocenters. The van der Waals surface area contributed by atoms with Crippen LogP contribution in [-0.2, 0) is 27.9 Å². The van der Waals surface area contributed by atoms with Crippen LogP contribution in [-0.4, -0.2) is 74.3 Å². The second kappa shape index (κ2) is 59.1. The topological polar surface area (TPSA) is 111 Å². The molecule has 0 fully saturated rings. The van der Waals surface area contributed by atoms with Gasteiger partial charge in [-0.25, -0.2) is 4.57 Å². The van der Waals surface area contributed by atoms with Crippen molar-refractivity contribution >= 4 is 19.7 Å². The number of hydrogen-bond acceptors (Lipinski definition) is 6. The van der Waals surface area contributed by atoms with Crippen molar-refractivity contribution in [3.05, 3.63) is 146 Å². The lowest BCUT2D eigenvalue weighted by Gasteiger charge is -2.27. The van der Waals surface area contributed by atoms with Crippen LogP contribution < -0.4 is 5.32 Å². The van der Waals surface area contributed by atoms with Crippen LogP contribution in [0.25, 0.3) is 0 Å². The Morgan fingerprint density at radius 2 is 0.802 bits per heavy atom. The SMILES string of the molecule is CC/C=C\C/C=C\C/C=C\C/C=C\C/C=C\C/C=C\CCCCCCCCCCC(=O)NC(COP(=O)(O)OCC[N+](C)(C)C)C(/C=C\CCCCCCCCCCC)OC(=O)CCC/C=C\C/C=C\C/C=C\C/C=C\C/C=C\CC. The molecule has 0 bridgehead atoms. The third kappa shape index (κ3) is 60.3. The summed E-state index contributed by atoms with van der Waals surface area (Å²) < 4.78 is 30.6. The number of esters is 1. The average Bonchev–Trinajstić information content (AvgIpc) is 3.43. The van der Waals surface area contributed by atoms with Crippen molar-refractivity contribution in [1.29, 1.82) is 0 Å². The minimum atomic E-state index is -4.47. The highest BCUT2D eigenvalue weighted by atomic mass is 31.2. The number of nitrogens with one attached hydrogen (secondary N) is 1. The molecule has 0 aromatic rings. The maximum Gasteiger partial charge on any atom is 0.472 e. The predicted molar refractivity (Wildman–Crippen MR) is 350 cm³/mol. The first-order valence-corrected chi connectivity index (χ1v) is 33.7. The van der Waals surface area contributed by atoms with Crippen molar-refractivity contribution in [3.8, 4) is 0 Å². The molecule has 0 aromatic carbocycles. The van der Waals surface area contributed by atoms with Crippen molar-refractivity contribution < 1.29 is 37.3 Å². The summed E-state index contributed by atoms with van der Waals surface area (Å²) in [4.78, 5) is 37.7.